The van der Waals surface area contributed by atoms with Gasteiger partial charge in [0, 0.05) is 48.4 Å². The van der Waals surface area contributed by atoms with E-state index in [2.05, 4.69) is 0 Å². The first kappa shape index (κ1) is 18.3. The number of hydrogen-bond donors (Lipinski definition) is 0. The summed E-state index contributed by atoms with van der Waals surface area (Å²) in [5, 5.41) is 1.40. The number of piperazine rings is 1. The second-order valence-corrected chi connectivity index (χ2v) is 7.95. The minimum Gasteiger partial charge on any atom is -0.335 e. The Morgan fingerprint density at radius 2 is 1.78 bits per heavy atom. The second kappa shape index (κ2) is 7.54. The Morgan fingerprint density at radius 3 is 2.52 bits per heavy atom. The minimum absolute atomic E-state index is 0.0715. The Labute approximate surface area is 164 Å². The molecule has 0 bridgehead atoms. The average Bonchev–Trinajstić information content (AvgIpc) is 3.02. The highest BCUT2D eigenvalue weighted by molar-refractivity contribution is 7.21. The predicted octanol–water partition coefficient (Wildman–Crippen LogP) is 4.79. The van der Waals surface area contributed by atoms with Crippen LogP contribution >= 0.6 is 22.9 Å². The number of benzene rings is 2. The normalized spacial score (nSPS) is 15.4. The summed E-state index contributed by atoms with van der Waals surface area (Å²) in [5.74, 6) is -1.70. The molecule has 3 nitrogen and oxygen atoms in total. The maximum Gasteiger partial charge on any atom is 0.265 e. The highest BCUT2D eigenvalue weighted by Gasteiger charge is 2.26. The van der Waals surface area contributed by atoms with Crippen LogP contribution in [0.1, 0.15) is 15.2 Å². The van der Waals surface area contributed by atoms with Crippen LogP contribution in [0.4, 0.5) is 8.78 Å². The summed E-state index contributed by atoms with van der Waals surface area (Å²) in [6.45, 7) is 2.59. The summed E-state index contributed by atoms with van der Waals surface area (Å²) in [7, 11) is 0. The molecule has 0 aliphatic carbocycles. The molecule has 1 fully saturated rings. The summed E-state index contributed by atoms with van der Waals surface area (Å²) in [6, 6.07) is 11.9. The number of fused-ring (bicyclic) bond motifs is 1. The number of carbonyl (C=O) groups is 1. The van der Waals surface area contributed by atoms with Gasteiger partial charge in [-0.15, -0.1) is 11.3 Å². The van der Waals surface area contributed by atoms with Gasteiger partial charge in [-0.1, -0.05) is 41.9 Å². The van der Waals surface area contributed by atoms with Gasteiger partial charge in [0.1, 0.15) is 4.88 Å². The molecule has 0 unspecified atom stereocenters. The zero-order chi connectivity index (χ0) is 19.0. The molecule has 4 rings (SSSR count). The monoisotopic (exact) mass is 406 g/mol. The minimum atomic E-state index is -0.833. The molecule has 0 radical (unpaired) electrons. The molecule has 2 aromatic carbocycles. The lowest BCUT2D eigenvalue weighted by Crippen LogP contribution is -2.48. The summed E-state index contributed by atoms with van der Waals surface area (Å²) in [5.41, 5.74) is 0.335. The number of nitrogens with zero attached hydrogens (tertiary/aromatic N) is 2. The molecular weight excluding hydrogens is 390 g/mol. The Bertz CT molecular complexity index is 999. The molecule has 1 saturated heterocycles. The van der Waals surface area contributed by atoms with Crippen molar-refractivity contribution < 1.29 is 13.6 Å². The van der Waals surface area contributed by atoms with Gasteiger partial charge < -0.3 is 4.90 Å². The molecule has 1 aliphatic rings. The number of carbonyl (C=O) groups excluding carboxylic acids is 1. The van der Waals surface area contributed by atoms with Gasteiger partial charge in [0.2, 0.25) is 0 Å². The fourth-order valence-corrected chi connectivity index (χ4v) is 4.80. The van der Waals surface area contributed by atoms with Crippen LogP contribution in [-0.2, 0) is 6.54 Å². The van der Waals surface area contributed by atoms with Crippen LogP contribution in [0.2, 0.25) is 5.02 Å². The second-order valence-electron chi connectivity index (χ2n) is 6.52. The molecule has 2 heterocycles. The molecule has 1 amide bonds. The zero-order valence-corrected chi connectivity index (χ0v) is 16.0. The quantitative estimate of drug-likeness (QED) is 0.624. The van der Waals surface area contributed by atoms with Crippen molar-refractivity contribution in [3.8, 4) is 0 Å². The predicted molar refractivity (Wildman–Crippen MR) is 104 cm³/mol. The number of rotatable bonds is 3. The van der Waals surface area contributed by atoms with E-state index >= 15 is 0 Å². The van der Waals surface area contributed by atoms with Crippen LogP contribution in [0.3, 0.4) is 0 Å². The fourth-order valence-electron chi connectivity index (χ4n) is 3.32. The molecule has 0 atom stereocenters. The van der Waals surface area contributed by atoms with Crippen molar-refractivity contribution in [1.82, 2.24) is 9.80 Å². The van der Waals surface area contributed by atoms with E-state index < -0.39 is 11.6 Å². The Morgan fingerprint density at radius 1 is 1.04 bits per heavy atom. The Balaban J connectivity index is 1.43. The van der Waals surface area contributed by atoms with Crippen molar-refractivity contribution in [3.63, 3.8) is 0 Å². The number of thiophene rings is 1. The van der Waals surface area contributed by atoms with Crippen molar-refractivity contribution in [2.24, 2.45) is 0 Å². The smallest absolute Gasteiger partial charge is 0.265 e. The molecule has 0 spiro atoms. The van der Waals surface area contributed by atoms with E-state index in [0.717, 1.165) is 16.2 Å². The van der Waals surface area contributed by atoms with Gasteiger partial charge in [-0.2, -0.15) is 0 Å². The first-order chi connectivity index (χ1) is 13.0. The summed E-state index contributed by atoms with van der Waals surface area (Å²) in [6.07, 6.45) is 0. The third-order valence-corrected chi connectivity index (χ3v) is 6.48. The molecule has 27 heavy (non-hydrogen) atoms. The lowest BCUT2D eigenvalue weighted by molar-refractivity contribution is 0.0632. The number of amides is 1. The standard InChI is InChI=1S/C20H17ClF2N2OS/c21-17-14-5-1-2-7-16(14)27-19(17)20(26)25-10-8-24(9-11-25)12-13-4-3-6-15(22)18(13)23/h1-7H,8-12H2. The van der Waals surface area contributed by atoms with Crippen LogP contribution in [-0.4, -0.2) is 41.9 Å². The Hall–Kier alpha value is -2.02. The van der Waals surface area contributed by atoms with Crippen molar-refractivity contribution in [2.45, 2.75) is 6.54 Å². The maximum atomic E-state index is 13.8. The highest BCUT2D eigenvalue weighted by Crippen LogP contribution is 2.36. The molecule has 1 aromatic heterocycles. The van der Waals surface area contributed by atoms with Gasteiger partial charge in [0.05, 0.1) is 5.02 Å². The molecule has 140 valence electrons. The van der Waals surface area contributed by atoms with Crippen molar-refractivity contribution in [2.75, 3.05) is 26.2 Å². The molecule has 7 heteroatoms. The van der Waals surface area contributed by atoms with Gasteiger partial charge in [-0.25, -0.2) is 8.78 Å². The maximum absolute atomic E-state index is 13.8. The lowest BCUT2D eigenvalue weighted by Gasteiger charge is -2.34. The van der Waals surface area contributed by atoms with E-state index in [1.54, 1.807) is 11.0 Å². The van der Waals surface area contributed by atoms with Gasteiger partial charge in [-0.3, -0.25) is 9.69 Å². The van der Waals surface area contributed by atoms with E-state index in [4.69, 9.17) is 11.6 Å². The molecule has 3 aromatic rings. The topological polar surface area (TPSA) is 23.6 Å². The highest BCUT2D eigenvalue weighted by atomic mass is 35.5. The molecule has 1 aliphatic heterocycles. The average molecular weight is 407 g/mol. The van der Waals surface area contributed by atoms with Crippen molar-refractivity contribution >= 4 is 38.9 Å². The van der Waals surface area contributed by atoms with E-state index in [1.807, 2.05) is 29.2 Å². The Kier molecular flexibility index (Phi) is 5.12. The number of halogens is 3. The third-order valence-electron chi connectivity index (χ3n) is 4.81. The SMILES string of the molecule is O=C(c1sc2ccccc2c1Cl)N1CCN(Cc2cccc(F)c2F)CC1. The van der Waals surface area contributed by atoms with E-state index in [-0.39, 0.29) is 5.91 Å². The number of hydrogen-bond acceptors (Lipinski definition) is 3. The van der Waals surface area contributed by atoms with Gasteiger partial charge >= 0.3 is 0 Å². The fraction of sp³-hybridized carbons (Fsp3) is 0.250. The van der Waals surface area contributed by atoms with Crippen molar-refractivity contribution in [3.05, 3.63) is 69.6 Å². The third kappa shape index (κ3) is 3.57. The summed E-state index contributed by atoms with van der Waals surface area (Å²) in [4.78, 5) is 17.2. The summed E-state index contributed by atoms with van der Waals surface area (Å²) < 4.78 is 28.2. The molecule has 0 saturated carbocycles. The van der Waals surface area contributed by atoms with Crippen LogP contribution in [0, 0.1) is 11.6 Å². The van der Waals surface area contributed by atoms with Crippen LogP contribution in [0.5, 0.6) is 0 Å². The van der Waals surface area contributed by atoms with E-state index in [9.17, 15) is 13.6 Å². The van der Waals surface area contributed by atoms with Crippen molar-refractivity contribution in [1.29, 1.82) is 0 Å². The largest absolute Gasteiger partial charge is 0.335 e. The van der Waals surface area contributed by atoms with E-state index in [1.165, 1.54) is 17.4 Å². The van der Waals surface area contributed by atoms with Gasteiger partial charge in [0.25, 0.3) is 5.91 Å². The molecule has 0 N–H and O–H groups in total. The first-order valence-corrected chi connectivity index (χ1v) is 9.85. The van der Waals surface area contributed by atoms with Crippen LogP contribution in [0.15, 0.2) is 42.5 Å². The van der Waals surface area contributed by atoms with Crippen LogP contribution in [0.25, 0.3) is 10.1 Å². The zero-order valence-electron chi connectivity index (χ0n) is 14.4. The van der Waals surface area contributed by atoms with E-state index in [0.29, 0.717) is 48.2 Å². The molecular formula is C20H17ClF2N2OS. The lowest BCUT2D eigenvalue weighted by atomic mass is 10.1. The summed E-state index contributed by atoms with van der Waals surface area (Å²) >= 11 is 7.82. The van der Waals surface area contributed by atoms with Gasteiger partial charge in [0.15, 0.2) is 11.6 Å². The first-order valence-electron chi connectivity index (χ1n) is 8.66. The van der Waals surface area contributed by atoms with Crippen LogP contribution < -0.4 is 0 Å². The van der Waals surface area contributed by atoms with Gasteiger partial charge in [-0.05, 0) is 12.1 Å².